The van der Waals surface area contributed by atoms with Gasteiger partial charge in [0.05, 0.1) is 0 Å². The Morgan fingerprint density at radius 2 is 1.71 bits per heavy atom. The molecule has 1 aliphatic rings. The minimum atomic E-state index is 0.630. The van der Waals surface area contributed by atoms with Gasteiger partial charge in [0.1, 0.15) is 12.4 Å². The number of fused-ring (bicyclic) bond motifs is 1. The van der Waals surface area contributed by atoms with E-state index in [1.54, 1.807) is 0 Å². The highest BCUT2D eigenvalue weighted by Gasteiger charge is 2.11. The summed E-state index contributed by atoms with van der Waals surface area (Å²) in [4.78, 5) is 0. The maximum atomic E-state index is 5.87. The van der Waals surface area contributed by atoms with Crippen LogP contribution in [0.15, 0.2) is 48.5 Å². The molecule has 0 saturated carbocycles. The highest BCUT2D eigenvalue weighted by molar-refractivity contribution is 6.30. The van der Waals surface area contributed by atoms with E-state index in [1.165, 1.54) is 11.1 Å². The molecule has 0 unspecified atom stereocenters. The van der Waals surface area contributed by atoms with Crippen LogP contribution in [-0.2, 0) is 11.3 Å². The Labute approximate surface area is 105 Å². The Balaban J connectivity index is 2.01. The zero-order valence-corrected chi connectivity index (χ0v) is 9.95. The second-order valence-electron chi connectivity index (χ2n) is 4.00. The molecule has 2 heteroatoms. The van der Waals surface area contributed by atoms with Crippen LogP contribution in [0.1, 0.15) is 16.7 Å². The lowest BCUT2D eigenvalue weighted by Crippen LogP contribution is -2.01. The SMILES string of the molecule is Clc1ccc(C2=Cc3ccccc3CO2)cc1. The fraction of sp³-hybridized carbons (Fsp3) is 0.0667. The second kappa shape index (κ2) is 4.27. The van der Waals surface area contributed by atoms with Gasteiger partial charge in [-0.25, -0.2) is 0 Å². The van der Waals surface area contributed by atoms with Crippen molar-refractivity contribution in [3.05, 3.63) is 70.2 Å². The first-order valence-electron chi connectivity index (χ1n) is 5.51. The van der Waals surface area contributed by atoms with E-state index in [1.807, 2.05) is 36.4 Å². The highest BCUT2D eigenvalue weighted by Crippen LogP contribution is 2.28. The maximum absolute atomic E-state index is 5.87. The topological polar surface area (TPSA) is 9.23 Å². The molecule has 0 radical (unpaired) electrons. The predicted molar refractivity (Wildman–Crippen MR) is 70.6 cm³/mol. The Morgan fingerprint density at radius 3 is 2.53 bits per heavy atom. The van der Waals surface area contributed by atoms with E-state index in [0.29, 0.717) is 6.61 Å². The molecular weight excluding hydrogens is 232 g/mol. The average Bonchev–Trinajstić information content (AvgIpc) is 2.39. The minimum absolute atomic E-state index is 0.630. The molecule has 2 aromatic carbocycles. The summed E-state index contributed by atoms with van der Waals surface area (Å²) in [6, 6.07) is 16.0. The number of ether oxygens (including phenoxy) is 1. The largest absolute Gasteiger partial charge is 0.488 e. The van der Waals surface area contributed by atoms with Crippen molar-refractivity contribution in [3.8, 4) is 0 Å². The van der Waals surface area contributed by atoms with E-state index in [-0.39, 0.29) is 0 Å². The number of hydrogen-bond donors (Lipinski definition) is 0. The smallest absolute Gasteiger partial charge is 0.127 e. The fourth-order valence-electron chi connectivity index (χ4n) is 1.93. The number of rotatable bonds is 1. The lowest BCUT2D eigenvalue weighted by molar-refractivity contribution is 0.262. The summed E-state index contributed by atoms with van der Waals surface area (Å²) in [5, 5.41) is 0.741. The first kappa shape index (κ1) is 10.4. The highest BCUT2D eigenvalue weighted by atomic mass is 35.5. The monoisotopic (exact) mass is 242 g/mol. The molecule has 0 bridgehead atoms. The molecule has 0 aromatic heterocycles. The summed E-state index contributed by atoms with van der Waals surface area (Å²) in [7, 11) is 0. The summed E-state index contributed by atoms with van der Waals surface area (Å²) in [5.41, 5.74) is 3.51. The van der Waals surface area contributed by atoms with Crippen molar-refractivity contribution in [1.82, 2.24) is 0 Å². The Bertz CT molecular complexity index is 570. The fourth-order valence-corrected chi connectivity index (χ4v) is 2.05. The van der Waals surface area contributed by atoms with E-state index in [2.05, 4.69) is 18.2 Å². The molecule has 0 atom stereocenters. The zero-order valence-electron chi connectivity index (χ0n) is 9.19. The number of hydrogen-bond acceptors (Lipinski definition) is 1. The van der Waals surface area contributed by atoms with Crippen molar-refractivity contribution in [3.63, 3.8) is 0 Å². The molecule has 1 nitrogen and oxygen atoms in total. The summed E-state index contributed by atoms with van der Waals surface area (Å²) < 4.78 is 5.75. The maximum Gasteiger partial charge on any atom is 0.127 e. The van der Waals surface area contributed by atoms with Crippen molar-refractivity contribution in [2.24, 2.45) is 0 Å². The first-order valence-corrected chi connectivity index (χ1v) is 5.89. The molecule has 84 valence electrons. The number of benzene rings is 2. The molecular formula is C15H11ClO. The molecule has 3 rings (SSSR count). The third kappa shape index (κ3) is 2.06. The molecule has 2 aromatic rings. The van der Waals surface area contributed by atoms with Crippen LogP contribution in [0.2, 0.25) is 5.02 Å². The normalized spacial score (nSPS) is 13.6. The van der Waals surface area contributed by atoms with Crippen LogP contribution in [0.5, 0.6) is 0 Å². The van der Waals surface area contributed by atoms with Gasteiger partial charge >= 0.3 is 0 Å². The van der Waals surface area contributed by atoms with Gasteiger partial charge in [0.2, 0.25) is 0 Å². The molecule has 0 amide bonds. The minimum Gasteiger partial charge on any atom is -0.488 e. The van der Waals surface area contributed by atoms with Crippen LogP contribution in [0.3, 0.4) is 0 Å². The van der Waals surface area contributed by atoms with Gasteiger partial charge in [-0.1, -0.05) is 35.9 Å². The summed E-state index contributed by atoms with van der Waals surface area (Å²) in [6.45, 7) is 0.630. The van der Waals surface area contributed by atoms with E-state index in [4.69, 9.17) is 16.3 Å². The van der Waals surface area contributed by atoms with Crippen LogP contribution in [0.4, 0.5) is 0 Å². The van der Waals surface area contributed by atoms with E-state index < -0.39 is 0 Å². The second-order valence-corrected chi connectivity index (χ2v) is 4.44. The van der Waals surface area contributed by atoms with Gasteiger partial charge in [-0.2, -0.15) is 0 Å². The van der Waals surface area contributed by atoms with Gasteiger partial charge in [0.15, 0.2) is 0 Å². The molecule has 1 heterocycles. The molecule has 0 spiro atoms. The summed E-state index contributed by atoms with van der Waals surface area (Å²) in [6.07, 6.45) is 2.07. The average molecular weight is 243 g/mol. The van der Waals surface area contributed by atoms with Crippen molar-refractivity contribution < 1.29 is 4.74 Å². The van der Waals surface area contributed by atoms with E-state index >= 15 is 0 Å². The third-order valence-electron chi connectivity index (χ3n) is 2.85. The molecule has 0 N–H and O–H groups in total. The van der Waals surface area contributed by atoms with Gasteiger partial charge in [0.25, 0.3) is 0 Å². The first-order chi connectivity index (χ1) is 8.33. The van der Waals surface area contributed by atoms with Gasteiger partial charge in [-0.05, 0) is 41.5 Å². The summed E-state index contributed by atoms with van der Waals surface area (Å²) >= 11 is 5.87. The Morgan fingerprint density at radius 1 is 0.941 bits per heavy atom. The molecule has 0 saturated heterocycles. The molecule has 1 aliphatic heterocycles. The zero-order chi connectivity index (χ0) is 11.7. The number of halogens is 1. The van der Waals surface area contributed by atoms with E-state index in [0.717, 1.165) is 16.3 Å². The van der Waals surface area contributed by atoms with Crippen LogP contribution in [0, 0.1) is 0 Å². The van der Waals surface area contributed by atoms with Gasteiger partial charge in [-0.3, -0.25) is 0 Å². The van der Waals surface area contributed by atoms with Gasteiger partial charge in [-0.15, -0.1) is 0 Å². The molecule has 0 aliphatic carbocycles. The Hall–Kier alpha value is -1.73. The Kier molecular flexibility index (Phi) is 2.62. The summed E-state index contributed by atoms with van der Waals surface area (Å²) in [5.74, 6) is 0.903. The predicted octanol–water partition coefficient (Wildman–Crippen LogP) is 4.37. The van der Waals surface area contributed by atoms with Crippen LogP contribution in [-0.4, -0.2) is 0 Å². The van der Waals surface area contributed by atoms with Crippen molar-refractivity contribution in [2.45, 2.75) is 6.61 Å². The van der Waals surface area contributed by atoms with Crippen molar-refractivity contribution in [2.75, 3.05) is 0 Å². The van der Waals surface area contributed by atoms with Crippen LogP contribution < -0.4 is 0 Å². The van der Waals surface area contributed by atoms with E-state index in [9.17, 15) is 0 Å². The molecule has 17 heavy (non-hydrogen) atoms. The quantitative estimate of drug-likeness (QED) is 0.722. The van der Waals surface area contributed by atoms with Crippen molar-refractivity contribution >= 4 is 23.4 Å². The lowest BCUT2D eigenvalue weighted by Gasteiger charge is -2.18. The van der Waals surface area contributed by atoms with Crippen molar-refractivity contribution in [1.29, 1.82) is 0 Å². The lowest BCUT2D eigenvalue weighted by atomic mass is 10.0. The third-order valence-corrected chi connectivity index (χ3v) is 3.11. The molecule has 0 fully saturated rings. The van der Waals surface area contributed by atoms with Gasteiger partial charge in [0, 0.05) is 10.6 Å². The standard InChI is InChI=1S/C15H11ClO/c16-14-7-5-11(6-8-14)15-9-12-3-1-2-4-13(12)10-17-15/h1-9H,10H2. The van der Waals surface area contributed by atoms with Crippen LogP contribution >= 0.6 is 11.6 Å². The van der Waals surface area contributed by atoms with Gasteiger partial charge < -0.3 is 4.74 Å². The van der Waals surface area contributed by atoms with Crippen LogP contribution in [0.25, 0.3) is 11.8 Å².